The second kappa shape index (κ2) is 6.39. The molecule has 0 saturated heterocycles. The van der Waals surface area contributed by atoms with Crippen LogP contribution in [0, 0.1) is 0 Å². The molecular formula is C8H11ClN2O2. The molecule has 0 aliphatic rings. The van der Waals surface area contributed by atoms with Gasteiger partial charge in [0.05, 0.1) is 12.2 Å². The molecule has 4 nitrogen and oxygen atoms in total. The zero-order chi connectivity index (χ0) is 8.81. The predicted molar refractivity (Wildman–Crippen MR) is 50.6 cm³/mol. The van der Waals surface area contributed by atoms with Gasteiger partial charge in [-0.3, -0.25) is 14.6 Å². The fourth-order valence-corrected chi connectivity index (χ4v) is 0.694. The minimum atomic E-state index is -0.273. The van der Waals surface area contributed by atoms with Crippen molar-refractivity contribution in [2.75, 3.05) is 6.61 Å². The minimum Gasteiger partial charge on any atom is -0.274 e. The van der Waals surface area contributed by atoms with Gasteiger partial charge >= 0.3 is 0 Å². The number of hydroxylamine groups is 1. The molecule has 0 aromatic carbocycles. The molecular weight excluding hydrogens is 192 g/mol. The molecule has 0 aliphatic carbocycles. The topological polar surface area (TPSA) is 51.2 Å². The smallest absolute Gasteiger partial charge is 0.274 e. The fraction of sp³-hybridized carbons (Fsp3) is 0.250. The van der Waals surface area contributed by atoms with Gasteiger partial charge in [-0.2, -0.15) is 0 Å². The first-order valence-corrected chi connectivity index (χ1v) is 3.66. The van der Waals surface area contributed by atoms with Crippen molar-refractivity contribution in [3.8, 4) is 0 Å². The standard InChI is InChI=1S/C8H10N2O2.ClH/c1-2-12-10-8(11)7-4-3-5-9-6-7;/h3-6H,2H2,1H3,(H,10,11);1H. The first kappa shape index (κ1) is 11.9. The van der Waals surface area contributed by atoms with E-state index in [4.69, 9.17) is 4.84 Å². The normalized spacial score (nSPS) is 8.69. The summed E-state index contributed by atoms with van der Waals surface area (Å²) in [5.74, 6) is -0.273. The number of amides is 1. The number of carbonyl (C=O) groups is 1. The van der Waals surface area contributed by atoms with Crippen LogP contribution in [0.3, 0.4) is 0 Å². The highest BCUT2D eigenvalue weighted by molar-refractivity contribution is 5.92. The van der Waals surface area contributed by atoms with E-state index in [0.717, 1.165) is 0 Å². The molecule has 1 amide bonds. The second-order valence-corrected chi connectivity index (χ2v) is 2.11. The van der Waals surface area contributed by atoms with Crippen LogP contribution in [0.25, 0.3) is 0 Å². The molecule has 1 heterocycles. The van der Waals surface area contributed by atoms with Crippen LogP contribution in [0.5, 0.6) is 0 Å². The van der Waals surface area contributed by atoms with E-state index in [1.165, 1.54) is 6.20 Å². The van der Waals surface area contributed by atoms with Crippen molar-refractivity contribution in [1.29, 1.82) is 0 Å². The summed E-state index contributed by atoms with van der Waals surface area (Å²) in [7, 11) is 0. The Kier molecular flexibility index (Phi) is 5.84. The first-order chi connectivity index (χ1) is 5.84. The van der Waals surface area contributed by atoms with E-state index in [0.29, 0.717) is 12.2 Å². The summed E-state index contributed by atoms with van der Waals surface area (Å²) >= 11 is 0. The van der Waals surface area contributed by atoms with Crippen LogP contribution in [0.2, 0.25) is 0 Å². The number of hydrogen-bond donors (Lipinski definition) is 1. The van der Waals surface area contributed by atoms with Crippen LogP contribution in [0.1, 0.15) is 17.3 Å². The number of pyridine rings is 1. The Bertz CT molecular complexity index is 254. The molecule has 5 heteroatoms. The van der Waals surface area contributed by atoms with E-state index in [9.17, 15) is 4.79 Å². The second-order valence-electron chi connectivity index (χ2n) is 2.11. The summed E-state index contributed by atoms with van der Waals surface area (Å²) in [6.45, 7) is 2.25. The Hall–Kier alpha value is -1.13. The maximum absolute atomic E-state index is 11.1. The molecule has 72 valence electrons. The lowest BCUT2D eigenvalue weighted by molar-refractivity contribution is 0.0364. The Morgan fingerprint density at radius 2 is 2.46 bits per heavy atom. The minimum absolute atomic E-state index is 0. The van der Waals surface area contributed by atoms with Gasteiger partial charge in [0.25, 0.3) is 5.91 Å². The van der Waals surface area contributed by atoms with Gasteiger partial charge in [-0.15, -0.1) is 12.4 Å². The predicted octanol–water partition coefficient (Wildman–Crippen LogP) is 1.18. The number of carbonyl (C=O) groups excluding carboxylic acids is 1. The Labute approximate surface area is 82.7 Å². The SMILES string of the molecule is CCONC(=O)c1cccnc1.Cl. The molecule has 0 atom stereocenters. The highest BCUT2D eigenvalue weighted by Gasteiger charge is 2.02. The van der Waals surface area contributed by atoms with Crippen LogP contribution in [-0.4, -0.2) is 17.5 Å². The van der Waals surface area contributed by atoms with E-state index in [2.05, 4.69) is 10.5 Å². The Morgan fingerprint density at radius 1 is 1.69 bits per heavy atom. The van der Waals surface area contributed by atoms with Gasteiger partial charge in [-0.25, -0.2) is 5.48 Å². The Morgan fingerprint density at radius 3 is 3.00 bits per heavy atom. The van der Waals surface area contributed by atoms with Crippen LogP contribution in [-0.2, 0) is 4.84 Å². The summed E-state index contributed by atoms with van der Waals surface area (Å²) in [6.07, 6.45) is 3.09. The van der Waals surface area contributed by atoms with Gasteiger partial charge in [-0.05, 0) is 19.1 Å². The summed E-state index contributed by atoms with van der Waals surface area (Å²) in [5.41, 5.74) is 2.76. The first-order valence-electron chi connectivity index (χ1n) is 3.66. The van der Waals surface area contributed by atoms with Crippen molar-refractivity contribution < 1.29 is 9.63 Å². The number of halogens is 1. The number of nitrogens with zero attached hydrogens (tertiary/aromatic N) is 1. The molecule has 0 saturated carbocycles. The molecule has 0 unspecified atom stereocenters. The third kappa shape index (κ3) is 3.87. The van der Waals surface area contributed by atoms with Crippen molar-refractivity contribution in [3.05, 3.63) is 30.1 Å². The van der Waals surface area contributed by atoms with Gasteiger partial charge < -0.3 is 0 Å². The lowest BCUT2D eigenvalue weighted by atomic mass is 10.3. The van der Waals surface area contributed by atoms with E-state index in [1.54, 1.807) is 25.3 Å². The highest BCUT2D eigenvalue weighted by atomic mass is 35.5. The largest absolute Gasteiger partial charge is 0.276 e. The highest BCUT2D eigenvalue weighted by Crippen LogP contribution is 1.94. The number of hydrogen-bond acceptors (Lipinski definition) is 3. The van der Waals surface area contributed by atoms with Gasteiger partial charge in [0.15, 0.2) is 0 Å². The maximum Gasteiger partial charge on any atom is 0.276 e. The van der Waals surface area contributed by atoms with E-state index in [-0.39, 0.29) is 18.3 Å². The molecule has 1 aromatic heterocycles. The van der Waals surface area contributed by atoms with E-state index >= 15 is 0 Å². The monoisotopic (exact) mass is 202 g/mol. The third-order valence-corrected chi connectivity index (χ3v) is 1.23. The summed E-state index contributed by atoms with van der Waals surface area (Å²) < 4.78 is 0. The third-order valence-electron chi connectivity index (χ3n) is 1.23. The summed E-state index contributed by atoms with van der Waals surface area (Å²) in [5, 5.41) is 0. The Balaban J connectivity index is 0.00000144. The molecule has 1 rings (SSSR count). The van der Waals surface area contributed by atoms with E-state index < -0.39 is 0 Å². The molecule has 13 heavy (non-hydrogen) atoms. The zero-order valence-corrected chi connectivity index (χ0v) is 8.00. The lowest BCUT2D eigenvalue weighted by Gasteiger charge is -2.01. The number of rotatable bonds is 3. The van der Waals surface area contributed by atoms with Gasteiger partial charge in [-0.1, -0.05) is 0 Å². The average molecular weight is 203 g/mol. The van der Waals surface area contributed by atoms with Crippen molar-refractivity contribution in [1.82, 2.24) is 10.5 Å². The molecule has 0 spiro atoms. The lowest BCUT2D eigenvalue weighted by Crippen LogP contribution is -2.23. The summed E-state index contributed by atoms with van der Waals surface area (Å²) in [6, 6.07) is 3.36. The number of aromatic nitrogens is 1. The van der Waals surface area contributed by atoms with Crippen molar-refractivity contribution in [3.63, 3.8) is 0 Å². The van der Waals surface area contributed by atoms with Crippen LogP contribution >= 0.6 is 12.4 Å². The number of nitrogens with one attached hydrogen (secondary N) is 1. The molecule has 0 radical (unpaired) electrons. The molecule has 1 aromatic rings. The van der Waals surface area contributed by atoms with Crippen LogP contribution < -0.4 is 5.48 Å². The molecule has 0 bridgehead atoms. The van der Waals surface area contributed by atoms with Crippen molar-refractivity contribution in [2.45, 2.75) is 6.92 Å². The van der Waals surface area contributed by atoms with Crippen LogP contribution in [0.15, 0.2) is 24.5 Å². The van der Waals surface area contributed by atoms with Crippen molar-refractivity contribution in [2.24, 2.45) is 0 Å². The molecule has 1 N–H and O–H groups in total. The molecule has 0 aliphatic heterocycles. The van der Waals surface area contributed by atoms with Crippen molar-refractivity contribution >= 4 is 18.3 Å². The molecule has 0 fully saturated rings. The maximum atomic E-state index is 11.1. The van der Waals surface area contributed by atoms with E-state index in [1.807, 2.05) is 0 Å². The quantitative estimate of drug-likeness (QED) is 0.749. The summed E-state index contributed by atoms with van der Waals surface area (Å²) in [4.78, 5) is 19.6. The van der Waals surface area contributed by atoms with Crippen LogP contribution in [0.4, 0.5) is 0 Å². The fourth-order valence-electron chi connectivity index (χ4n) is 0.694. The van der Waals surface area contributed by atoms with Gasteiger partial charge in [0, 0.05) is 12.4 Å². The zero-order valence-electron chi connectivity index (χ0n) is 7.19. The van der Waals surface area contributed by atoms with Gasteiger partial charge in [0.2, 0.25) is 0 Å². The van der Waals surface area contributed by atoms with Gasteiger partial charge in [0.1, 0.15) is 0 Å². The average Bonchev–Trinajstić information content (AvgIpc) is 2.15.